The van der Waals surface area contributed by atoms with E-state index in [1.54, 1.807) is 12.7 Å². The maximum Gasteiger partial charge on any atom is 0.137 e. The van der Waals surface area contributed by atoms with Crippen LogP contribution in [0, 0.1) is 0 Å². The number of nitrogens with zero attached hydrogens (tertiary/aromatic N) is 4. The van der Waals surface area contributed by atoms with Gasteiger partial charge >= 0.3 is 0 Å². The van der Waals surface area contributed by atoms with Crippen molar-refractivity contribution < 1.29 is 0 Å². The highest BCUT2D eigenvalue weighted by Crippen LogP contribution is 2.30. The van der Waals surface area contributed by atoms with Crippen LogP contribution in [-0.2, 0) is 13.0 Å². The summed E-state index contributed by atoms with van der Waals surface area (Å²) in [6.07, 6.45) is 11.5. The van der Waals surface area contributed by atoms with Crippen LogP contribution in [0.25, 0.3) is 23.1 Å². The van der Waals surface area contributed by atoms with Crippen molar-refractivity contribution in [2.24, 2.45) is 0 Å². The average molecular weight is 305 g/mol. The van der Waals surface area contributed by atoms with Crippen molar-refractivity contribution in [2.75, 3.05) is 18.0 Å². The van der Waals surface area contributed by atoms with E-state index in [1.807, 2.05) is 4.68 Å². The van der Waals surface area contributed by atoms with E-state index in [0.29, 0.717) is 0 Å². The van der Waals surface area contributed by atoms with Gasteiger partial charge in [-0.1, -0.05) is 12.2 Å². The number of rotatable bonds is 3. The van der Waals surface area contributed by atoms with Gasteiger partial charge in [-0.2, -0.15) is 5.10 Å². The minimum absolute atomic E-state index is 0.875. The number of fused-ring (bicyclic) bond motifs is 4. The van der Waals surface area contributed by atoms with E-state index in [1.165, 1.54) is 32.7 Å². The number of anilines is 1. The van der Waals surface area contributed by atoms with Gasteiger partial charge in [-0.15, -0.1) is 0 Å². The van der Waals surface area contributed by atoms with Gasteiger partial charge in [0.2, 0.25) is 0 Å². The summed E-state index contributed by atoms with van der Waals surface area (Å²) in [6.45, 7) is 2.94. The lowest BCUT2D eigenvalue weighted by Crippen LogP contribution is -2.25. The zero-order chi connectivity index (χ0) is 15.2. The van der Waals surface area contributed by atoms with Crippen molar-refractivity contribution in [1.29, 1.82) is 0 Å². The number of nitrogens with one attached hydrogen (secondary N) is 1. The van der Waals surface area contributed by atoms with Gasteiger partial charge in [0, 0.05) is 40.2 Å². The molecule has 0 unspecified atom stereocenters. The molecule has 5 nitrogen and oxygen atoms in total. The lowest BCUT2D eigenvalue weighted by molar-refractivity contribution is 0.601. The molecule has 5 rings (SSSR count). The Balaban J connectivity index is 1.53. The molecule has 0 saturated heterocycles. The Labute approximate surface area is 133 Å². The maximum absolute atomic E-state index is 4.19. The monoisotopic (exact) mass is 305 g/mol. The summed E-state index contributed by atoms with van der Waals surface area (Å²) in [6, 6.07) is 4.73. The van der Waals surface area contributed by atoms with Crippen molar-refractivity contribution in [1.82, 2.24) is 19.7 Å². The van der Waals surface area contributed by atoms with Crippen LogP contribution in [0.15, 0.2) is 24.8 Å². The Hall–Kier alpha value is -2.56. The SMILES string of the molecule is C1=c2[nH]c3cc4c(cc3c2=CCC1)CCN4CCn1cncn1. The van der Waals surface area contributed by atoms with Gasteiger partial charge in [-0.05, 0) is 37.0 Å². The molecule has 2 aliphatic rings. The molecule has 3 aromatic rings. The smallest absolute Gasteiger partial charge is 0.137 e. The highest BCUT2D eigenvalue weighted by Gasteiger charge is 2.20. The third kappa shape index (κ3) is 2.07. The number of aromatic amines is 1. The molecular formula is C18H19N5. The van der Waals surface area contributed by atoms with Gasteiger partial charge in [0.1, 0.15) is 12.7 Å². The molecule has 0 atom stereocenters. The van der Waals surface area contributed by atoms with Crippen LogP contribution in [0.3, 0.4) is 0 Å². The molecule has 0 spiro atoms. The number of hydrogen-bond donors (Lipinski definition) is 1. The van der Waals surface area contributed by atoms with E-state index in [-0.39, 0.29) is 0 Å². The molecule has 0 amide bonds. The highest BCUT2D eigenvalue weighted by molar-refractivity contribution is 5.87. The van der Waals surface area contributed by atoms with E-state index in [2.05, 4.69) is 44.3 Å². The van der Waals surface area contributed by atoms with Gasteiger partial charge in [-0.3, -0.25) is 4.68 Å². The summed E-state index contributed by atoms with van der Waals surface area (Å²) >= 11 is 0. The summed E-state index contributed by atoms with van der Waals surface area (Å²) in [4.78, 5) is 10.1. The predicted octanol–water partition coefficient (Wildman–Crippen LogP) is 1.18. The Morgan fingerprint density at radius 2 is 2.09 bits per heavy atom. The third-order valence-corrected chi connectivity index (χ3v) is 4.99. The first-order valence-corrected chi connectivity index (χ1v) is 8.31. The van der Waals surface area contributed by atoms with Gasteiger partial charge in [0.05, 0.1) is 6.54 Å². The van der Waals surface area contributed by atoms with Gasteiger partial charge in [0.15, 0.2) is 0 Å². The standard InChI is InChI=1S/C18H19N5/c1-2-4-16-14(3-1)15-9-13-5-6-22(18(13)10-17(15)21-16)7-8-23-12-19-11-20-23/h3-4,9-12,21H,1-2,5-8H2. The second kappa shape index (κ2) is 4.98. The van der Waals surface area contributed by atoms with Crippen LogP contribution < -0.4 is 15.5 Å². The molecule has 23 heavy (non-hydrogen) atoms. The quantitative estimate of drug-likeness (QED) is 0.790. The Morgan fingerprint density at radius 3 is 3.00 bits per heavy atom. The summed E-state index contributed by atoms with van der Waals surface area (Å²) in [5.41, 5.74) is 4.10. The number of aromatic nitrogens is 4. The average Bonchev–Trinajstić information content (AvgIpc) is 3.29. The molecule has 0 saturated carbocycles. The molecule has 5 heteroatoms. The van der Waals surface area contributed by atoms with Crippen LogP contribution in [0.4, 0.5) is 5.69 Å². The van der Waals surface area contributed by atoms with Crippen LogP contribution in [0.5, 0.6) is 0 Å². The number of hydrogen-bond acceptors (Lipinski definition) is 3. The van der Waals surface area contributed by atoms with Crippen LogP contribution in [0.1, 0.15) is 18.4 Å². The van der Waals surface area contributed by atoms with Crippen LogP contribution in [-0.4, -0.2) is 32.8 Å². The van der Waals surface area contributed by atoms with Crippen LogP contribution >= 0.6 is 0 Å². The Kier molecular flexibility index (Phi) is 2.80. The van der Waals surface area contributed by atoms with Gasteiger partial charge < -0.3 is 9.88 Å². The highest BCUT2D eigenvalue weighted by atomic mass is 15.3. The van der Waals surface area contributed by atoms with E-state index in [9.17, 15) is 0 Å². The largest absolute Gasteiger partial charge is 0.369 e. The summed E-state index contributed by atoms with van der Waals surface area (Å²) in [5.74, 6) is 0. The molecule has 1 aromatic carbocycles. The summed E-state index contributed by atoms with van der Waals surface area (Å²) in [7, 11) is 0. The van der Waals surface area contributed by atoms with E-state index < -0.39 is 0 Å². The number of benzene rings is 1. The van der Waals surface area contributed by atoms with Gasteiger partial charge in [0.25, 0.3) is 0 Å². The van der Waals surface area contributed by atoms with Crippen molar-refractivity contribution >= 4 is 28.7 Å². The molecule has 116 valence electrons. The van der Waals surface area contributed by atoms with E-state index >= 15 is 0 Å². The second-order valence-corrected chi connectivity index (χ2v) is 6.36. The van der Waals surface area contributed by atoms with E-state index in [0.717, 1.165) is 38.9 Å². The summed E-state index contributed by atoms with van der Waals surface area (Å²) < 4.78 is 1.90. The minimum Gasteiger partial charge on any atom is -0.369 e. The first-order chi connectivity index (χ1) is 11.4. The van der Waals surface area contributed by atoms with Crippen molar-refractivity contribution in [3.63, 3.8) is 0 Å². The molecule has 2 aromatic heterocycles. The molecule has 0 fully saturated rings. The second-order valence-electron chi connectivity index (χ2n) is 6.36. The predicted molar refractivity (Wildman–Crippen MR) is 91.7 cm³/mol. The van der Waals surface area contributed by atoms with Gasteiger partial charge in [-0.25, -0.2) is 4.98 Å². The van der Waals surface area contributed by atoms with Crippen molar-refractivity contribution in [3.8, 4) is 0 Å². The summed E-state index contributed by atoms with van der Waals surface area (Å²) in [5, 5.41) is 8.27. The molecule has 0 radical (unpaired) electrons. The third-order valence-electron chi connectivity index (χ3n) is 4.99. The zero-order valence-corrected chi connectivity index (χ0v) is 13.0. The first-order valence-electron chi connectivity index (χ1n) is 8.31. The molecule has 1 aliphatic heterocycles. The van der Waals surface area contributed by atoms with Crippen molar-refractivity contribution in [3.05, 3.63) is 40.9 Å². The zero-order valence-electron chi connectivity index (χ0n) is 13.0. The minimum atomic E-state index is 0.875. The number of H-pyrrole nitrogens is 1. The lowest BCUT2D eigenvalue weighted by Gasteiger charge is -2.19. The molecule has 1 aliphatic carbocycles. The molecular weight excluding hydrogens is 286 g/mol. The lowest BCUT2D eigenvalue weighted by atomic mass is 10.1. The Bertz CT molecular complexity index is 981. The molecule has 0 bridgehead atoms. The molecule has 1 N–H and O–H groups in total. The Morgan fingerprint density at radius 1 is 1.13 bits per heavy atom. The molecule has 3 heterocycles. The topological polar surface area (TPSA) is 49.7 Å². The van der Waals surface area contributed by atoms with Crippen molar-refractivity contribution in [2.45, 2.75) is 25.8 Å². The fourth-order valence-electron chi connectivity index (χ4n) is 3.83. The fourth-order valence-corrected chi connectivity index (χ4v) is 3.83. The normalized spacial score (nSPS) is 16.1. The van der Waals surface area contributed by atoms with Crippen LogP contribution in [0.2, 0.25) is 0 Å². The first kappa shape index (κ1) is 12.9. The fraction of sp³-hybridized carbons (Fsp3) is 0.333. The van der Waals surface area contributed by atoms with E-state index in [4.69, 9.17) is 0 Å². The maximum atomic E-state index is 4.19.